The van der Waals surface area contributed by atoms with Gasteiger partial charge in [-0.2, -0.15) is 11.3 Å². The Hall–Kier alpha value is -2.71. The van der Waals surface area contributed by atoms with E-state index in [-0.39, 0.29) is 0 Å². The molecule has 1 aromatic carbocycles. The number of benzene rings is 1. The molecule has 2 rings (SSSR count). The summed E-state index contributed by atoms with van der Waals surface area (Å²) in [6.45, 7) is 0. The van der Waals surface area contributed by atoms with Gasteiger partial charge in [0.25, 0.3) is 17.7 Å². The van der Waals surface area contributed by atoms with Crippen molar-refractivity contribution in [2.24, 2.45) is 0 Å². The standard InChI is InChI=1S/C16H17N3O4S/c1-17-14(20)13(15(21)18-23)19(2)16(22)11-5-3-10(4-6-11)12-7-8-24-9-12/h3-9,13,23H,1-2H3,(H,17,20)(H,18,21). The molecule has 0 aliphatic heterocycles. The zero-order valence-electron chi connectivity index (χ0n) is 13.1. The van der Waals surface area contributed by atoms with Crippen LogP contribution in [-0.4, -0.2) is 48.0 Å². The fraction of sp³-hybridized carbons (Fsp3) is 0.188. The first-order valence-corrected chi connectivity index (χ1v) is 7.99. The minimum atomic E-state index is -1.47. The molecule has 0 fully saturated rings. The Bertz CT molecular complexity index is 712. The molecule has 3 N–H and O–H groups in total. The molecule has 0 spiro atoms. The second-order valence-corrected chi connectivity index (χ2v) is 5.78. The van der Waals surface area contributed by atoms with Crippen molar-refractivity contribution in [1.82, 2.24) is 15.7 Å². The van der Waals surface area contributed by atoms with Crippen molar-refractivity contribution in [3.8, 4) is 11.1 Å². The van der Waals surface area contributed by atoms with Crippen LogP contribution in [0.4, 0.5) is 0 Å². The number of nitrogens with one attached hydrogen (secondary N) is 2. The van der Waals surface area contributed by atoms with E-state index in [1.165, 1.54) is 19.6 Å². The molecule has 1 heterocycles. The Kier molecular flexibility index (Phi) is 5.67. The molecule has 8 heteroatoms. The number of amides is 3. The zero-order valence-corrected chi connectivity index (χ0v) is 14.0. The van der Waals surface area contributed by atoms with Crippen molar-refractivity contribution >= 4 is 29.1 Å². The Labute approximate surface area is 142 Å². The van der Waals surface area contributed by atoms with Gasteiger partial charge in [-0.25, -0.2) is 5.48 Å². The Morgan fingerprint density at radius 3 is 2.25 bits per heavy atom. The quantitative estimate of drug-likeness (QED) is 0.429. The van der Waals surface area contributed by atoms with Crippen molar-refractivity contribution in [1.29, 1.82) is 0 Å². The van der Waals surface area contributed by atoms with E-state index in [2.05, 4.69) is 5.32 Å². The predicted molar refractivity (Wildman–Crippen MR) is 89.6 cm³/mol. The Balaban J connectivity index is 2.22. The van der Waals surface area contributed by atoms with E-state index in [4.69, 9.17) is 5.21 Å². The van der Waals surface area contributed by atoms with Crippen LogP contribution in [-0.2, 0) is 9.59 Å². The first kappa shape index (κ1) is 17.6. The van der Waals surface area contributed by atoms with E-state index in [0.717, 1.165) is 16.0 Å². The minimum Gasteiger partial charge on any atom is -0.357 e. The highest BCUT2D eigenvalue weighted by atomic mass is 32.1. The number of hydrogen-bond donors (Lipinski definition) is 3. The fourth-order valence-corrected chi connectivity index (χ4v) is 2.89. The zero-order chi connectivity index (χ0) is 17.7. The average Bonchev–Trinajstić information content (AvgIpc) is 3.15. The number of carbonyl (C=O) groups is 3. The minimum absolute atomic E-state index is 0.330. The molecule has 0 aliphatic carbocycles. The highest BCUT2D eigenvalue weighted by Gasteiger charge is 2.33. The highest BCUT2D eigenvalue weighted by molar-refractivity contribution is 7.08. The first-order valence-electron chi connectivity index (χ1n) is 7.05. The lowest BCUT2D eigenvalue weighted by atomic mass is 10.1. The maximum absolute atomic E-state index is 12.5. The topological polar surface area (TPSA) is 98.7 Å². The van der Waals surface area contributed by atoms with Crippen LogP contribution in [0.1, 0.15) is 10.4 Å². The van der Waals surface area contributed by atoms with Crippen LogP contribution in [0, 0.1) is 0 Å². The van der Waals surface area contributed by atoms with Gasteiger partial charge in [-0.1, -0.05) is 12.1 Å². The summed E-state index contributed by atoms with van der Waals surface area (Å²) < 4.78 is 0. The molecule has 0 aliphatic rings. The number of nitrogens with zero attached hydrogens (tertiary/aromatic N) is 1. The van der Waals surface area contributed by atoms with Gasteiger partial charge in [0.05, 0.1) is 0 Å². The third-order valence-electron chi connectivity index (χ3n) is 3.55. The summed E-state index contributed by atoms with van der Waals surface area (Å²) in [5.74, 6) is -2.20. The lowest BCUT2D eigenvalue weighted by Gasteiger charge is -2.25. The maximum Gasteiger partial charge on any atom is 0.275 e. The molecule has 0 saturated carbocycles. The largest absolute Gasteiger partial charge is 0.357 e. The van der Waals surface area contributed by atoms with Crippen molar-refractivity contribution in [2.75, 3.05) is 14.1 Å². The van der Waals surface area contributed by atoms with Crippen LogP contribution in [0.5, 0.6) is 0 Å². The van der Waals surface area contributed by atoms with E-state index in [0.29, 0.717) is 5.56 Å². The molecule has 0 saturated heterocycles. The first-order chi connectivity index (χ1) is 11.5. The molecule has 0 bridgehead atoms. The van der Waals surface area contributed by atoms with Gasteiger partial charge in [-0.05, 0) is 40.1 Å². The van der Waals surface area contributed by atoms with Gasteiger partial charge in [0.1, 0.15) is 0 Å². The molecule has 2 aromatic rings. The number of thiophene rings is 1. The van der Waals surface area contributed by atoms with Gasteiger partial charge in [-0.15, -0.1) is 0 Å². The predicted octanol–water partition coefficient (Wildman–Crippen LogP) is 1.11. The van der Waals surface area contributed by atoms with Gasteiger partial charge in [0, 0.05) is 19.7 Å². The van der Waals surface area contributed by atoms with E-state index in [9.17, 15) is 14.4 Å². The maximum atomic E-state index is 12.5. The number of carbonyl (C=O) groups excluding carboxylic acids is 3. The fourth-order valence-electron chi connectivity index (χ4n) is 2.22. The Morgan fingerprint density at radius 2 is 1.75 bits per heavy atom. The van der Waals surface area contributed by atoms with E-state index in [1.807, 2.05) is 16.8 Å². The number of likely N-dealkylation sites (N-methyl/N-ethyl adjacent to an activating group) is 2. The number of hydroxylamine groups is 1. The van der Waals surface area contributed by atoms with Gasteiger partial charge >= 0.3 is 0 Å². The van der Waals surface area contributed by atoms with Crippen molar-refractivity contribution < 1.29 is 19.6 Å². The van der Waals surface area contributed by atoms with Crippen molar-refractivity contribution in [3.05, 3.63) is 46.7 Å². The normalized spacial score (nSPS) is 11.5. The van der Waals surface area contributed by atoms with Crippen LogP contribution in [0.25, 0.3) is 11.1 Å². The number of hydrogen-bond acceptors (Lipinski definition) is 5. The van der Waals surface area contributed by atoms with Crippen molar-refractivity contribution in [3.63, 3.8) is 0 Å². The van der Waals surface area contributed by atoms with Crippen LogP contribution in [0.15, 0.2) is 41.1 Å². The molecular formula is C16H17N3O4S. The molecular weight excluding hydrogens is 330 g/mol. The SMILES string of the molecule is CNC(=O)C(C(=O)NO)N(C)C(=O)c1ccc(-c2ccsc2)cc1. The summed E-state index contributed by atoms with van der Waals surface area (Å²) in [4.78, 5) is 37.0. The molecule has 1 atom stereocenters. The second kappa shape index (κ2) is 7.71. The molecule has 24 heavy (non-hydrogen) atoms. The van der Waals surface area contributed by atoms with Crippen molar-refractivity contribution in [2.45, 2.75) is 6.04 Å². The monoisotopic (exact) mass is 347 g/mol. The molecule has 3 amide bonds. The van der Waals surface area contributed by atoms with Crippen LogP contribution < -0.4 is 10.8 Å². The molecule has 1 aromatic heterocycles. The van der Waals surface area contributed by atoms with Gasteiger partial charge < -0.3 is 10.2 Å². The van der Waals surface area contributed by atoms with E-state index in [1.54, 1.807) is 35.6 Å². The third-order valence-corrected chi connectivity index (χ3v) is 4.23. The summed E-state index contributed by atoms with van der Waals surface area (Å²) in [5.41, 5.74) is 3.75. The summed E-state index contributed by atoms with van der Waals surface area (Å²) in [7, 11) is 2.66. The number of rotatable bonds is 5. The Morgan fingerprint density at radius 1 is 1.08 bits per heavy atom. The molecule has 1 unspecified atom stereocenters. The summed E-state index contributed by atoms with van der Waals surface area (Å²) in [6, 6.07) is 7.35. The lowest BCUT2D eigenvalue weighted by Crippen LogP contribution is -2.54. The summed E-state index contributed by atoms with van der Waals surface area (Å²) in [5, 5.41) is 15.0. The molecule has 7 nitrogen and oxygen atoms in total. The summed E-state index contributed by atoms with van der Waals surface area (Å²) >= 11 is 1.58. The lowest BCUT2D eigenvalue weighted by molar-refractivity contribution is -0.140. The highest BCUT2D eigenvalue weighted by Crippen LogP contribution is 2.22. The smallest absolute Gasteiger partial charge is 0.275 e. The van der Waals surface area contributed by atoms with E-state index >= 15 is 0 Å². The van der Waals surface area contributed by atoms with Crippen LogP contribution in [0.2, 0.25) is 0 Å². The summed E-state index contributed by atoms with van der Waals surface area (Å²) in [6.07, 6.45) is 0. The van der Waals surface area contributed by atoms with Gasteiger partial charge in [0.15, 0.2) is 6.04 Å². The molecule has 0 radical (unpaired) electrons. The molecule has 126 valence electrons. The second-order valence-electron chi connectivity index (χ2n) is 5.00. The van der Waals surface area contributed by atoms with E-state index < -0.39 is 23.8 Å². The van der Waals surface area contributed by atoms with Crippen LogP contribution in [0.3, 0.4) is 0 Å². The third kappa shape index (κ3) is 3.61. The van der Waals surface area contributed by atoms with Crippen LogP contribution >= 0.6 is 11.3 Å². The van der Waals surface area contributed by atoms with Gasteiger partial charge in [0.2, 0.25) is 0 Å². The average molecular weight is 347 g/mol. The van der Waals surface area contributed by atoms with Gasteiger partial charge in [-0.3, -0.25) is 19.6 Å².